The third-order valence-electron chi connectivity index (χ3n) is 2.71. The van der Waals surface area contributed by atoms with Crippen LogP contribution in [0.4, 0.5) is 0 Å². The number of benzene rings is 1. The van der Waals surface area contributed by atoms with Gasteiger partial charge in [0.2, 0.25) is 0 Å². The Balaban J connectivity index is 3.25. The molecule has 0 amide bonds. The minimum atomic E-state index is -0.562. The van der Waals surface area contributed by atoms with E-state index in [-0.39, 0.29) is 18.0 Å². The van der Waals surface area contributed by atoms with E-state index in [0.29, 0.717) is 0 Å². The smallest absolute Gasteiger partial charge is 0.341 e. The Morgan fingerprint density at radius 2 is 1.78 bits per heavy atom. The molecule has 1 rings (SSSR count). The molecule has 96 valence electrons. The van der Waals surface area contributed by atoms with Crippen LogP contribution in [0.3, 0.4) is 0 Å². The highest BCUT2D eigenvalue weighted by atomic mass is 16.5. The molecule has 0 spiro atoms. The molecule has 0 atom stereocenters. The highest BCUT2D eigenvalue weighted by Gasteiger charge is 2.16. The third kappa shape index (κ3) is 3.29. The zero-order valence-electron chi connectivity index (χ0n) is 11.2. The number of ketones is 1. The van der Waals surface area contributed by atoms with Crippen molar-refractivity contribution in [3.8, 4) is 0 Å². The van der Waals surface area contributed by atoms with Crippen LogP contribution in [0.5, 0.6) is 0 Å². The summed E-state index contributed by atoms with van der Waals surface area (Å²) in [4.78, 5) is 23.2. The second-order valence-corrected chi connectivity index (χ2v) is 4.14. The molecule has 0 heterocycles. The summed E-state index contributed by atoms with van der Waals surface area (Å²) in [5.41, 5.74) is 3.04. The largest absolute Gasteiger partial charge is 0.462 e. The maximum absolute atomic E-state index is 11.7. The lowest BCUT2D eigenvalue weighted by Gasteiger charge is -2.08. The van der Waals surface area contributed by atoms with Crippen molar-refractivity contribution in [1.82, 2.24) is 0 Å². The van der Waals surface area contributed by atoms with E-state index in [1.165, 1.54) is 6.92 Å². The average molecular weight is 246 g/mol. The van der Waals surface area contributed by atoms with Gasteiger partial charge in [-0.05, 0) is 50.5 Å². The van der Waals surface area contributed by atoms with Gasteiger partial charge >= 0.3 is 5.97 Å². The first kappa shape index (κ1) is 14.2. The van der Waals surface area contributed by atoms with Gasteiger partial charge in [0.05, 0.1) is 6.61 Å². The van der Waals surface area contributed by atoms with E-state index in [9.17, 15) is 9.59 Å². The van der Waals surface area contributed by atoms with Gasteiger partial charge in [0.25, 0.3) is 0 Å². The first-order chi connectivity index (χ1) is 8.47. The number of rotatable bonds is 4. The van der Waals surface area contributed by atoms with Crippen LogP contribution in [0.25, 0.3) is 6.08 Å². The molecule has 0 bridgehead atoms. The lowest BCUT2D eigenvalue weighted by molar-refractivity contribution is -0.139. The fourth-order valence-corrected chi connectivity index (χ4v) is 1.71. The minimum Gasteiger partial charge on any atom is -0.462 e. The summed E-state index contributed by atoms with van der Waals surface area (Å²) in [6.07, 6.45) is 1.62. The normalized spacial score (nSPS) is 11.2. The molecule has 1 aromatic rings. The monoisotopic (exact) mass is 246 g/mol. The lowest BCUT2D eigenvalue weighted by atomic mass is 9.99. The van der Waals surface area contributed by atoms with Gasteiger partial charge in [0.15, 0.2) is 5.78 Å². The van der Waals surface area contributed by atoms with E-state index in [0.717, 1.165) is 16.7 Å². The van der Waals surface area contributed by atoms with Gasteiger partial charge in [-0.15, -0.1) is 0 Å². The van der Waals surface area contributed by atoms with Crippen LogP contribution in [-0.2, 0) is 14.3 Å². The second kappa shape index (κ2) is 6.15. The number of aryl methyl sites for hydroxylation is 2. The van der Waals surface area contributed by atoms with Gasteiger partial charge in [0, 0.05) is 0 Å². The van der Waals surface area contributed by atoms with Gasteiger partial charge in [0.1, 0.15) is 5.57 Å². The van der Waals surface area contributed by atoms with Crippen LogP contribution in [0, 0.1) is 13.8 Å². The van der Waals surface area contributed by atoms with Crippen molar-refractivity contribution in [1.29, 1.82) is 0 Å². The van der Waals surface area contributed by atoms with E-state index < -0.39 is 5.97 Å². The van der Waals surface area contributed by atoms with Crippen molar-refractivity contribution < 1.29 is 14.3 Å². The zero-order valence-corrected chi connectivity index (χ0v) is 11.2. The Morgan fingerprint density at radius 3 is 2.22 bits per heavy atom. The molecule has 0 aromatic heterocycles. The molecule has 0 fully saturated rings. The standard InChI is InChI=1S/C15H18O3/c1-5-18-15(17)14(12(4)16)9-13-10(2)7-6-8-11(13)3/h6-9H,5H2,1-4H3/b14-9-. The summed E-state index contributed by atoms with van der Waals surface area (Å²) in [6.45, 7) is 7.24. The Bertz CT molecular complexity index is 478. The molecule has 3 heteroatoms. The van der Waals surface area contributed by atoms with Crippen molar-refractivity contribution >= 4 is 17.8 Å². The Labute approximate surface area is 107 Å². The fraction of sp³-hybridized carbons (Fsp3) is 0.333. The number of carbonyl (C=O) groups is 2. The van der Waals surface area contributed by atoms with Crippen molar-refractivity contribution in [2.24, 2.45) is 0 Å². The topological polar surface area (TPSA) is 43.4 Å². The predicted molar refractivity (Wildman–Crippen MR) is 71.2 cm³/mol. The van der Waals surface area contributed by atoms with Crippen molar-refractivity contribution in [3.63, 3.8) is 0 Å². The number of carbonyl (C=O) groups excluding carboxylic acids is 2. The molecule has 0 saturated heterocycles. The number of hydrogen-bond donors (Lipinski definition) is 0. The molecule has 3 nitrogen and oxygen atoms in total. The average Bonchev–Trinajstić information content (AvgIpc) is 2.28. The van der Waals surface area contributed by atoms with Gasteiger partial charge in [-0.1, -0.05) is 18.2 Å². The molecule has 0 unspecified atom stereocenters. The molecule has 0 N–H and O–H groups in total. The molecule has 0 radical (unpaired) electrons. The van der Waals surface area contributed by atoms with Crippen LogP contribution in [0.1, 0.15) is 30.5 Å². The molecule has 0 saturated carbocycles. The third-order valence-corrected chi connectivity index (χ3v) is 2.71. The molecule has 18 heavy (non-hydrogen) atoms. The van der Waals surface area contributed by atoms with E-state index in [4.69, 9.17) is 4.74 Å². The van der Waals surface area contributed by atoms with E-state index in [1.54, 1.807) is 13.0 Å². The van der Waals surface area contributed by atoms with Crippen LogP contribution >= 0.6 is 0 Å². The SMILES string of the molecule is CCOC(=O)/C(=C\c1c(C)cccc1C)C(C)=O. The lowest BCUT2D eigenvalue weighted by Crippen LogP contribution is -2.13. The van der Waals surface area contributed by atoms with Crippen molar-refractivity contribution in [2.45, 2.75) is 27.7 Å². The van der Waals surface area contributed by atoms with Crippen LogP contribution < -0.4 is 0 Å². The highest BCUT2D eigenvalue weighted by molar-refractivity contribution is 6.19. The first-order valence-electron chi connectivity index (χ1n) is 5.93. The maximum Gasteiger partial charge on any atom is 0.341 e. The fourth-order valence-electron chi connectivity index (χ4n) is 1.71. The number of hydrogen-bond acceptors (Lipinski definition) is 3. The van der Waals surface area contributed by atoms with Gasteiger partial charge in [-0.2, -0.15) is 0 Å². The van der Waals surface area contributed by atoms with E-state index >= 15 is 0 Å². The Kier molecular flexibility index (Phi) is 4.84. The minimum absolute atomic E-state index is 0.0919. The quantitative estimate of drug-likeness (QED) is 0.355. The summed E-state index contributed by atoms with van der Waals surface area (Å²) in [5.74, 6) is -0.844. The summed E-state index contributed by atoms with van der Waals surface area (Å²) in [7, 11) is 0. The molecular formula is C15H18O3. The number of esters is 1. The molecule has 0 aliphatic carbocycles. The van der Waals surface area contributed by atoms with E-state index in [1.807, 2.05) is 32.0 Å². The van der Waals surface area contributed by atoms with Crippen LogP contribution in [0.2, 0.25) is 0 Å². The van der Waals surface area contributed by atoms with Gasteiger partial charge in [-0.25, -0.2) is 4.79 Å². The van der Waals surface area contributed by atoms with Crippen molar-refractivity contribution in [3.05, 3.63) is 40.5 Å². The van der Waals surface area contributed by atoms with Crippen LogP contribution in [-0.4, -0.2) is 18.4 Å². The summed E-state index contributed by atoms with van der Waals surface area (Å²) >= 11 is 0. The van der Waals surface area contributed by atoms with Crippen LogP contribution in [0.15, 0.2) is 23.8 Å². The number of ether oxygens (including phenoxy) is 1. The summed E-state index contributed by atoms with van der Waals surface area (Å²) in [5, 5.41) is 0. The Hall–Kier alpha value is -1.90. The molecule has 0 aliphatic heterocycles. The second-order valence-electron chi connectivity index (χ2n) is 4.14. The zero-order chi connectivity index (χ0) is 13.7. The van der Waals surface area contributed by atoms with Gasteiger partial charge in [-0.3, -0.25) is 4.79 Å². The summed E-state index contributed by atoms with van der Waals surface area (Å²) in [6, 6.07) is 5.84. The molecule has 0 aliphatic rings. The van der Waals surface area contributed by atoms with Gasteiger partial charge < -0.3 is 4.74 Å². The Morgan fingerprint density at radius 1 is 1.22 bits per heavy atom. The summed E-state index contributed by atoms with van der Waals surface area (Å²) < 4.78 is 4.89. The van der Waals surface area contributed by atoms with Crippen molar-refractivity contribution in [2.75, 3.05) is 6.61 Å². The maximum atomic E-state index is 11.7. The molecule has 1 aromatic carbocycles. The van der Waals surface area contributed by atoms with E-state index in [2.05, 4.69) is 0 Å². The molecular weight excluding hydrogens is 228 g/mol. The predicted octanol–water partition coefficient (Wildman–Crippen LogP) is 2.84. The highest BCUT2D eigenvalue weighted by Crippen LogP contribution is 2.18. The number of Topliss-reactive ketones (excluding diaryl/α,β-unsaturated/α-hetero) is 1. The first-order valence-corrected chi connectivity index (χ1v) is 5.93.